The lowest BCUT2D eigenvalue weighted by molar-refractivity contribution is 0.0697. The van der Waals surface area contributed by atoms with Crippen LogP contribution in [0.3, 0.4) is 0 Å². The van der Waals surface area contributed by atoms with Crippen LogP contribution in [0.2, 0.25) is 0 Å². The van der Waals surface area contributed by atoms with Gasteiger partial charge in [-0.25, -0.2) is 4.79 Å². The summed E-state index contributed by atoms with van der Waals surface area (Å²) in [7, 11) is 0. The number of nitrogens with one attached hydrogen (secondary N) is 1. The minimum absolute atomic E-state index is 0.0694. The number of nitrogens with two attached hydrogens (primary N) is 1. The molecule has 0 aliphatic carbocycles. The Morgan fingerprint density at radius 2 is 1.91 bits per heavy atom. The van der Waals surface area contributed by atoms with E-state index in [1.165, 1.54) is 12.1 Å². The van der Waals surface area contributed by atoms with Crippen molar-refractivity contribution in [3.8, 4) is 23.3 Å². The maximum Gasteiger partial charge on any atom is 0.336 e. The predicted molar refractivity (Wildman–Crippen MR) is 86.0 cm³/mol. The number of pyridine rings is 1. The van der Waals surface area contributed by atoms with Crippen LogP contribution >= 0.6 is 22.6 Å². The second-order valence-electron chi connectivity index (χ2n) is 4.21. The highest BCUT2D eigenvalue weighted by molar-refractivity contribution is 14.1. The molecule has 0 aliphatic rings. The van der Waals surface area contributed by atoms with Gasteiger partial charge in [0.25, 0.3) is 5.56 Å². The van der Waals surface area contributed by atoms with E-state index >= 15 is 0 Å². The van der Waals surface area contributed by atoms with Crippen molar-refractivity contribution in [1.82, 2.24) is 4.98 Å². The summed E-state index contributed by atoms with van der Waals surface area (Å²) in [6.07, 6.45) is 0. The number of nitriles is 2. The first kappa shape index (κ1) is 15.5. The van der Waals surface area contributed by atoms with E-state index < -0.39 is 11.5 Å². The molecule has 0 radical (unpaired) electrons. The molecule has 0 unspecified atom stereocenters. The number of anilines is 1. The smallest absolute Gasteiger partial charge is 0.336 e. The molecule has 1 aromatic carbocycles. The van der Waals surface area contributed by atoms with Gasteiger partial charge in [0.15, 0.2) is 0 Å². The summed E-state index contributed by atoms with van der Waals surface area (Å²) in [4.78, 5) is 25.5. The number of nitrogens with zero attached hydrogens (tertiary/aromatic N) is 2. The molecule has 1 aromatic heterocycles. The zero-order valence-corrected chi connectivity index (χ0v) is 13.0. The fourth-order valence-electron chi connectivity index (χ4n) is 2.02. The molecule has 0 saturated heterocycles. The van der Waals surface area contributed by atoms with Gasteiger partial charge in [0, 0.05) is 9.13 Å². The number of benzene rings is 1. The molecule has 0 bridgehead atoms. The highest BCUT2D eigenvalue weighted by Gasteiger charge is 2.22. The minimum atomic E-state index is -1.24. The van der Waals surface area contributed by atoms with Crippen LogP contribution < -0.4 is 11.3 Å². The molecule has 4 N–H and O–H groups in total. The molecule has 8 heteroatoms. The van der Waals surface area contributed by atoms with Crippen LogP contribution in [-0.2, 0) is 0 Å². The van der Waals surface area contributed by atoms with Crippen molar-refractivity contribution >= 4 is 34.4 Å². The molecule has 0 spiro atoms. The molecule has 0 fully saturated rings. The van der Waals surface area contributed by atoms with Gasteiger partial charge in [-0.1, -0.05) is 6.07 Å². The summed E-state index contributed by atoms with van der Waals surface area (Å²) in [5.74, 6) is -1.45. The van der Waals surface area contributed by atoms with Crippen LogP contribution in [0.25, 0.3) is 11.1 Å². The van der Waals surface area contributed by atoms with Crippen molar-refractivity contribution in [3.05, 3.63) is 48.8 Å². The first-order valence-electron chi connectivity index (χ1n) is 5.79. The quantitative estimate of drug-likeness (QED) is 0.648. The Kier molecular flexibility index (Phi) is 4.15. The number of hydrogen-bond acceptors (Lipinski definition) is 5. The molecular formula is C14H7IN4O3. The molecule has 0 aliphatic heterocycles. The first-order chi connectivity index (χ1) is 10.4. The summed E-state index contributed by atoms with van der Waals surface area (Å²) >= 11 is 1.94. The van der Waals surface area contributed by atoms with Gasteiger partial charge in [-0.05, 0) is 40.3 Å². The predicted octanol–water partition coefficient (Wildman–Crippen LogP) is 1.67. The maximum absolute atomic E-state index is 11.9. The molecule has 2 rings (SSSR count). The number of hydrogen-bond donors (Lipinski definition) is 3. The number of carbonyl (C=O) groups is 1. The number of H-pyrrole nitrogens is 1. The van der Waals surface area contributed by atoms with Gasteiger partial charge in [-0.2, -0.15) is 10.5 Å². The zero-order chi connectivity index (χ0) is 16.4. The zero-order valence-electron chi connectivity index (χ0n) is 10.8. The van der Waals surface area contributed by atoms with E-state index in [4.69, 9.17) is 5.73 Å². The monoisotopic (exact) mass is 406 g/mol. The lowest BCUT2D eigenvalue weighted by atomic mass is 9.93. The fraction of sp³-hybridized carbons (Fsp3) is 0. The van der Waals surface area contributed by atoms with Crippen LogP contribution in [0.1, 0.15) is 21.5 Å². The van der Waals surface area contributed by atoms with Crippen LogP contribution in [0.15, 0.2) is 23.0 Å². The largest absolute Gasteiger partial charge is 0.478 e. The fourth-order valence-corrected chi connectivity index (χ4v) is 2.52. The second kappa shape index (κ2) is 5.87. The van der Waals surface area contributed by atoms with Crippen LogP contribution in [0.4, 0.5) is 5.82 Å². The van der Waals surface area contributed by atoms with E-state index in [1.807, 2.05) is 22.6 Å². The molecule has 0 atom stereocenters. The van der Waals surface area contributed by atoms with E-state index in [9.17, 15) is 25.2 Å². The molecular weight excluding hydrogens is 399 g/mol. The van der Waals surface area contributed by atoms with Crippen molar-refractivity contribution < 1.29 is 9.90 Å². The van der Waals surface area contributed by atoms with Crippen LogP contribution in [0, 0.1) is 26.2 Å². The maximum atomic E-state index is 11.9. The Bertz CT molecular complexity index is 935. The molecule has 0 saturated carbocycles. The molecule has 0 amide bonds. The summed E-state index contributed by atoms with van der Waals surface area (Å²) in [6.45, 7) is 0. The highest BCUT2D eigenvalue weighted by atomic mass is 127. The molecule has 1 heterocycles. The molecule has 108 valence electrons. The van der Waals surface area contributed by atoms with Crippen LogP contribution in [-0.4, -0.2) is 16.1 Å². The normalized spacial score (nSPS) is 9.77. The van der Waals surface area contributed by atoms with Gasteiger partial charge in [0.1, 0.15) is 29.1 Å². The average molecular weight is 406 g/mol. The molecule has 2 aromatic rings. The minimum Gasteiger partial charge on any atom is -0.478 e. The number of aromatic nitrogens is 1. The molecule has 7 nitrogen and oxygen atoms in total. The number of aromatic amines is 1. The van der Waals surface area contributed by atoms with E-state index in [-0.39, 0.29) is 33.6 Å². The van der Waals surface area contributed by atoms with E-state index in [1.54, 1.807) is 18.2 Å². The van der Waals surface area contributed by atoms with Crippen molar-refractivity contribution in [3.63, 3.8) is 0 Å². The number of aromatic carboxylic acids is 1. The summed E-state index contributed by atoms with van der Waals surface area (Å²) in [5.41, 5.74) is 4.25. The van der Waals surface area contributed by atoms with Gasteiger partial charge in [-0.3, -0.25) is 4.79 Å². The second-order valence-corrected chi connectivity index (χ2v) is 5.46. The summed E-state index contributed by atoms with van der Waals surface area (Å²) < 4.78 is 0.661. The Labute approximate surface area is 137 Å². The van der Waals surface area contributed by atoms with Gasteiger partial charge in [0.2, 0.25) is 0 Å². The Morgan fingerprint density at radius 1 is 1.27 bits per heavy atom. The average Bonchev–Trinajstić information content (AvgIpc) is 2.46. The van der Waals surface area contributed by atoms with E-state index in [0.29, 0.717) is 3.57 Å². The standard InChI is InChI=1S/C14H7IN4O3/c15-6-1-2-7(8(3-6)14(21)22)11-9(4-16)12(18)19-13(20)10(11)5-17/h1-3H,(H,21,22)(H3,18,19,20). The summed E-state index contributed by atoms with van der Waals surface area (Å²) in [5, 5.41) is 27.8. The number of carboxylic acid groups (broad SMARTS) is 1. The van der Waals surface area contributed by atoms with E-state index in [0.717, 1.165) is 0 Å². The third-order valence-electron chi connectivity index (χ3n) is 2.95. The van der Waals surface area contributed by atoms with Gasteiger partial charge < -0.3 is 15.8 Å². The van der Waals surface area contributed by atoms with Crippen molar-refractivity contribution in [1.29, 1.82) is 10.5 Å². The third kappa shape index (κ3) is 2.52. The van der Waals surface area contributed by atoms with Gasteiger partial charge in [-0.15, -0.1) is 0 Å². The van der Waals surface area contributed by atoms with E-state index in [2.05, 4.69) is 4.98 Å². The lowest BCUT2D eigenvalue weighted by Crippen LogP contribution is -2.17. The van der Waals surface area contributed by atoms with Crippen molar-refractivity contribution in [2.75, 3.05) is 5.73 Å². The Hall–Kier alpha value is -2.85. The topological polar surface area (TPSA) is 144 Å². The van der Waals surface area contributed by atoms with Crippen molar-refractivity contribution in [2.24, 2.45) is 0 Å². The SMILES string of the molecule is N#Cc1c(N)[nH]c(=O)c(C#N)c1-c1ccc(I)cc1C(=O)O. The highest BCUT2D eigenvalue weighted by Crippen LogP contribution is 2.31. The van der Waals surface area contributed by atoms with Crippen LogP contribution in [0.5, 0.6) is 0 Å². The number of nitrogen functional groups attached to an aromatic ring is 1. The lowest BCUT2D eigenvalue weighted by Gasteiger charge is -2.11. The first-order valence-corrected chi connectivity index (χ1v) is 6.87. The third-order valence-corrected chi connectivity index (χ3v) is 3.62. The molecule has 22 heavy (non-hydrogen) atoms. The van der Waals surface area contributed by atoms with Gasteiger partial charge >= 0.3 is 5.97 Å². The Morgan fingerprint density at radius 3 is 2.45 bits per heavy atom. The van der Waals surface area contributed by atoms with Gasteiger partial charge in [0.05, 0.1) is 5.56 Å². The Balaban J connectivity index is 3.02. The van der Waals surface area contributed by atoms with Crippen molar-refractivity contribution in [2.45, 2.75) is 0 Å². The number of halogens is 1. The number of rotatable bonds is 2. The number of carboxylic acids is 1. The summed E-state index contributed by atoms with van der Waals surface area (Å²) in [6, 6.07) is 7.95.